The van der Waals surface area contributed by atoms with Crippen LogP contribution in [0.4, 0.5) is 0 Å². The number of carbonyl (C=O) groups excluding carboxylic acids is 1. The third kappa shape index (κ3) is 3.41. The number of aromatic carboxylic acids is 1. The lowest BCUT2D eigenvalue weighted by atomic mass is 10.1. The standard InChI is InChI=1S/C17H19N3O3/c21-16(15-9-10-19-20(15)14-3-1-2-4-14)18-11-12-5-7-13(8-6-12)17(22)23/h5-10,14H,1-4,11H2,(H,18,21)(H,22,23). The maximum absolute atomic E-state index is 12.4. The highest BCUT2D eigenvalue weighted by atomic mass is 16.4. The summed E-state index contributed by atoms with van der Waals surface area (Å²) in [5.74, 6) is -1.11. The lowest BCUT2D eigenvalue weighted by molar-refractivity contribution is 0.0696. The average molecular weight is 313 g/mol. The first-order valence-electron chi connectivity index (χ1n) is 7.79. The van der Waals surface area contributed by atoms with Crippen LogP contribution >= 0.6 is 0 Å². The molecule has 3 rings (SSSR count). The van der Waals surface area contributed by atoms with Gasteiger partial charge >= 0.3 is 5.97 Å². The number of benzene rings is 1. The van der Waals surface area contributed by atoms with Crippen LogP contribution in [0.1, 0.15) is 58.1 Å². The Morgan fingerprint density at radius 2 is 1.87 bits per heavy atom. The molecule has 1 aromatic heterocycles. The zero-order valence-electron chi connectivity index (χ0n) is 12.7. The Kier molecular flexibility index (Phi) is 4.41. The molecule has 2 aromatic rings. The summed E-state index contributed by atoms with van der Waals surface area (Å²) in [6.07, 6.45) is 6.16. The predicted octanol–water partition coefficient (Wildman–Crippen LogP) is 2.63. The Balaban J connectivity index is 1.63. The molecule has 0 atom stereocenters. The minimum Gasteiger partial charge on any atom is -0.478 e. The zero-order chi connectivity index (χ0) is 16.2. The fraction of sp³-hybridized carbons (Fsp3) is 0.353. The van der Waals surface area contributed by atoms with Crippen LogP contribution in [0, 0.1) is 0 Å². The molecule has 6 nitrogen and oxygen atoms in total. The predicted molar refractivity (Wildman–Crippen MR) is 84.3 cm³/mol. The molecule has 0 saturated heterocycles. The molecule has 6 heteroatoms. The fourth-order valence-corrected chi connectivity index (χ4v) is 2.97. The Morgan fingerprint density at radius 1 is 1.17 bits per heavy atom. The molecule has 1 fully saturated rings. The van der Waals surface area contributed by atoms with E-state index in [-0.39, 0.29) is 11.5 Å². The van der Waals surface area contributed by atoms with Crippen molar-refractivity contribution < 1.29 is 14.7 Å². The molecule has 1 aliphatic carbocycles. The van der Waals surface area contributed by atoms with Crippen LogP contribution in [-0.4, -0.2) is 26.8 Å². The van der Waals surface area contributed by atoms with Crippen LogP contribution in [-0.2, 0) is 6.54 Å². The van der Waals surface area contributed by atoms with E-state index in [1.165, 1.54) is 25.0 Å². The number of nitrogens with zero attached hydrogens (tertiary/aromatic N) is 2. The number of aromatic nitrogens is 2. The van der Waals surface area contributed by atoms with E-state index in [1.54, 1.807) is 24.4 Å². The molecule has 1 saturated carbocycles. The SMILES string of the molecule is O=C(O)c1ccc(CNC(=O)c2ccnn2C2CCCC2)cc1. The quantitative estimate of drug-likeness (QED) is 0.888. The van der Waals surface area contributed by atoms with Crippen molar-refractivity contribution in [2.75, 3.05) is 0 Å². The van der Waals surface area contributed by atoms with E-state index in [1.807, 2.05) is 4.68 Å². The molecule has 1 aromatic carbocycles. The van der Waals surface area contributed by atoms with Crippen molar-refractivity contribution in [3.05, 3.63) is 53.3 Å². The van der Waals surface area contributed by atoms with Gasteiger partial charge in [0.25, 0.3) is 5.91 Å². The van der Waals surface area contributed by atoms with E-state index in [0.717, 1.165) is 18.4 Å². The molecule has 1 amide bonds. The summed E-state index contributed by atoms with van der Waals surface area (Å²) in [4.78, 5) is 23.2. The summed E-state index contributed by atoms with van der Waals surface area (Å²) in [5.41, 5.74) is 1.67. The van der Waals surface area contributed by atoms with Crippen molar-refractivity contribution in [2.24, 2.45) is 0 Å². The van der Waals surface area contributed by atoms with Crippen molar-refractivity contribution in [1.29, 1.82) is 0 Å². The zero-order valence-corrected chi connectivity index (χ0v) is 12.7. The number of amides is 1. The van der Waals surface area contributed by atoms with Gasteiger partial charge in [-0.25, -0.2) is 4.79 Å². The molecule has 1 aliphatic rings. The van der Waals surface area contributed by atoms with E-state index in [0.29, 0.717) is 18.3 Å². The van der Waals surface area contributed by atoms with Gasteiger partial charge in [0, 0.05) is 12.7 Å². The Hall–Kier alpha value is -2.63. The molecule has 120 valence electrons. The van der Waals surface area contributed by atoms with Crippen LogP contribution in [0.15, 0.2) is 36.5 Å². The first-order chi connectivity index (χ1) is 11.1. The number of hydrogen-bond acceptors (Lipinski definition) is 3. The molecule has 23 heavy (non-hydrogen) atoms. The molecule has 0 unspecified atom stereocenters. The van der Waals surface area contributed by atoms with Crippen molar-refractivity contribution in [3.8, 4) is 0 Å². The largest absolute Gasteiger partial charge is 0.478 e. The number of nitrogens with one attached hydrogen (secondary N) is 1. The normalized spacial score (nSPS) is 14.8. The topological polar surface area (TPSA) is 84.2 Å². The minimum absolute atomic E-state index is 0.156. The van der Waals surface area contributed by atoms with E-state index < -0.39 is 5.97 Å². The first kappa shape index (κ1) is 15.3. The molecule has 2 N–H and O–H groups in total. The molecule has 1 heterocycles. The minimum atomic E-state index is -0.957. The van der Waals surface area contributed by atoms with Gasteiger partial charge in [0.15, 0.2) is 0 Å². The van der Waals surface area contributed by atoms with Crippen LogP contribution in [0.5, 0.6) is 0 Å². The van der Waals surface area contributed by atoms with E-state index in [2.05, 4.69) is 10.4 Å². The Morgan fingerprint density at radius 3 is 2.52 bits per heavy atom. The van der Waals surface area contributed by atoms with Crippen LogP contribution in [0.2, 0.25) is 0 Å². The summed E-state index contributed by atoms with van der Waals surface area (Å²) in [6, 6.07) is 8.54. The molecular weight excluding hydrogens is 294 g/mol. The smallest absolute Gasteiger partial charge is 0.335 e. The van der Waals surface area contributed by atoms with Crippen molar-refractivity contribution in [2.45, 2.75) is 38.3 Å². The number of hydrogen-bond donors (Lipinski definition) is 2. The van der Waals surface area contributed by atoms with Gasteiger partial charge in [-0.3, -0.25) is 9.48 Å². The maximum Gasteiger partial charge on any atom is 0.335 e. The van der Waals surface area contributed by atoms with Crippen molar-refractivity contribution >= 4 is 11.9 Å². The van der Waals surface area contributed by atoms with Gasteiger partial charge in [-0.05, 0) is 36.6 Å². The molecule has 0 aliphatic heterocycles. The molecular formula is C17H19N3O3. The van der Waals surface area contributed by atoms with Gasteiger partial charge < -0.3 is 10.4 Å². The number of carbonyl (C=O) groups is 2. The van der Waals surface area contributed by atoms with Gasteiger partial charge in [-0.1, -0.05) is 25.0 Å². The fourth-order valence-electron chi connectivity index (χ4n) is 2.97. The van der Waals surface area contributed by atoms with E-state index in [4.69, 9.17) is 5.11 Å². The third-order valence-electron chi connectivity index (χ3n) is 4.23. The number of carboxylic acids is 1. The van der Waals surface area contributed by atoms with Crippen LogP contribution in [0.25, 0.3) is 0 Å². The highest BCUT2D eigenvalue weighted by molar-refractivity contribution is 5.92. The maximum atomic E-state index is 12.4. The summed E-state index contributed by atoms with van der Waals surface area (Å²) < 4.78 is 1.83. The van der Waals surface area contributed by atoms with Crippen LogP contribution < -0.4 is 5.32 Å². The summed E-state index contributed by atoms with van der Waals surface area (Å²) in [6.45, 7) is 0.356. The Labute approximate surface area is 134 Å². The number of carboxylic acid groups (broad SMARTS) is 1. The van der Waals surface area contributed by atoms with E-state index >= 15 is 0 Å². The van der Waals surface area contributed by atoms with Crippen LogP contribution in [0.3, 0.4) is 0 Å². The van der Waals surface area contributed by atoms with Gasteiger partial charge in [0.1, 0.15) is 5.69 Å². The van der Waals surface area contributed by atoms with Crippen molar-refractivity contribution in [1.82, 2.24) is 15.1 Å². The highest BCUT2D eigenvalue weighted by Crippen LogP contribution is 2.29. The second-order valence-electron chi connectivity index (χ2n) is 5.78. The average Bonchev–Trinajstić information content (AvgIpc) is 3.23. The lowest BCUT2D eigenvalue weighted by Gasteiger charge is -2.14. The van der Waals surface area contributed by atoms with Gasteiger partial charge in [-0.15, -0.1) is 0 Å². The molecule has 0 bridgehead atoms. The van der Waals surface area contributed by atoms with Gasteiger partial charge in [0.2, 0.25) is 0 Å². The molecule has 0 spiro atoms. The van der Waals surface area contributed by atoms with Crippen molar-refractivity contribution in [3.63, 3.8) is 0 Å². The first-order valence-corrected chi connectivity index (χ1v) is 7.79. The van der Waals surface area contributed by atoms with Gasteiger partial charge in [-0.2, -0.15) is 5.10 Å². The third-order valence-corrected chi connectivity index (χ3v) is 4.23. The van der Waals surface area contributed by atoms with Gasteiger partial charge in [0.05, 0.1) is 11.6 Å². The monoisotopic (exact) mass is 313 g/mol. The summed E-state index contributed by atoms with van der Waals surface area (Å²) in [5, 5.41) is 16.0. The lowest BCUT2D eigenvalue weighted by Crippen LogP contribution is -2.26. The highest BCUT2D eigenvalue weighted by Gasteiger charge is 2.22. The summed E-state index contributed by atoms with van der Waals surface area (Å²) >= 11 is 0. The summed E-state index contributed by atoms with van der Waals surface area (Å²) in [7, 11) is 0. The second kappa shape index (κ2) is 6.64. The molecule has 0 radical (unpaired) electrons. The number of rotatable bonds is 5. The van der Waals surface area contributed by atoms with E-state index in [9.17, 15) is 9.59 Å². The second-order valence-corrected chi connectivity index (χ2v) is 5.78. The Bertz CT molecular complexity index is 700.